The van der Waals surface area contributed by atoms with E-state index in [1.807, 2.05) is 25.7 Å². The summed E-state index contributed by atoms with van der Waals surface area (Å²) < 4.78 is 66.2. The average Bonchev–Trinajstić information content (AvgIpc) is 3.53. The van der Waals surface area contributed by atoms with Gasteiger partial charge in [-0.15, -0.1) is 0 Å². The Bertz CT molecular complexity index is 1520. The standard InChI is InChI=1S/C28H33BrClF2N5O4/c1-27(2,3)41-26(38)37-15-5-6-16(37)17-12-39-23-18-22(21(32)19(29)20(23)30)33-25(34-24(18)36(17)11-15)40-13-28-7-4-8-35(28)10-14(31)9-28/h14-17H,4-13H2,1-3H3/t14-,15-,16+,17-,28+/m1/s1/i13D2. The Hall–Kier alpha value is -2.18. The van der Waals surface area contributed by atoms with E-state index in [1.165, 1.54) is 0 Å². The van der Waals surface area contributed by atoms with Crippen molar-refractivity contribution in [2.24, 2.45) is 0 Å². The molecule has 0 radical (unpaired) electrons. The highest BCUT2D eigenvalue weighted by molar-refractivity contribution is 9.10. The molecule has 0 spiro atoms. The number of alkyl halides is 1. The van der Waals surface area contributed by atoms with E-state index >= 15 is 4.39 Å². The summed E-state index contributed by atoms with van der Waals surface area (Å²) in [6, 6.07) is -1.22. The second-order valence-corrected chi connectivity index (χ2v) is 13.8. The van der Waals surface area contributed by atoms with Crippen molar-refractivity contribution in [3.05, 3.63) is 15.3 Å². The first-order valence-electron chi connectivity index (χ1n) is 15.1. The fourth-order valence-corrected chi connectivity index (χ4v) is 7.85. The van der Waals surface area contributed by atoms with Crippen LogP contribution in [0.3, 0.4) is 0 Å². The topological polar surface area (TPSA) is 80.3 Å². The van der Waals surface area contributed by atoms with Crippen LogP contribution >= 0.6 is 27.5 Å². The number of carbonyl (C=O) groups is 1. The van der Waals surface area contributed by atoms with Crippen LogP contribution in [-0.4, -0.2) is 94.1 Å². The largest absolute Gasteiger partial charge is 0.489 e. The van der Waals surface area contributed by atoms with E-state index < -0.39 is 35.8 Å². The number of aromatic nitrogens is 2. The molecule has 4 fully saturated rings. The molecule has 13 heteroatoms. The summed E-state index contributed by atoms with van der Waals surface area (Å²) in [5.41, 5.74) is -1.98. The highest BCUT2D eigenvalue weighted by Gasteiger charge is 2.52. The lowest BCUT2D eigenvalue weighted by atomic mass is 9.95. The lowest BCUT2D eigenvalue weighted by Crippen LogP contribution is -2.63. The van der Waals surface area contributed by atoms with E-state index in [2.05, 4.69) is 25.9 Å². The number of fused-ring (bicyclic) bond motifs is 6. The third-order valence-corrected chi connectivity index (χ3v) is 10.2. The third kappa shape index (κ3) is 4.42. The van der Waals surface area contributed by atoms with Gasteiger partial charge in [0.2, 0.25) is 0 Å². The highest BCUT2D eigenvalue weighted by Crippen LogP contribution is 2.49. The summed E-state index contributed by atoms with van der Waals surface area (Å²) in [6.45, 7) is 4.31. The molecule has 1 aromatic heterocycles. The van der Waals surface area contributed by atoms with Gasteiger partial charge >= 0.3 is 12.1 Å². The molecule has 5 aliphatic heterocycles. The molecule has 5 atom stereocenters. The van der Waals surface area contributed by atoms with Gasteiger partial charge in [0.1, 0.15) is 41.3 Å². The summed E-state index contributed by atoms with van der Waals surface area (Å²) in [5.74, 6) is -0.279. The monoisotopic (exact) mass is 657 g/mol. The Kier molecular flexibility index (Phi) is 5.97. The van der Waals surface area contributed by atoms with Gasteiger partial charge in [0.25, 0.3) is 0 Å². The number of hydrogen-bond acceptors (Lipinski definition) is 8. The van der Waals surface area contributed by atoms with Crippen molar-refractivity contribution in [3.8, 4) is 11.8 Å². The Balaban J connectivity index is 1.32. The number of anilines is 1. The van der Waals surface area contributed by atoms with Gasteiger partial charge in [-0.05, 0) is 68.9 Å². The lowest BCUT2D eigenvalue weighted by Gasteiger charge is -2.46. The van der Waals surface area contributed by atoms with E-state index in [9.17, 15) is 9.18 Å². The van der Waals surface area contributed by atoms with Crippen molar-refractivity contribution in [2.75, 3.05) is 37.7 Å². The SMILES string of the molecule is [2H]C([2H])(Oc1nc2c3c(c(Cl)c(Br)c(F)c3n1)OC[C@@H]1[C@@H]3CC[C@H](CN21)N3C(=O)OC(C)(C)C)[C@@]12CCCN1C[C@H](F)C2. The maximum absolute atomic E-state index is 15.8. The Morgan fingerprint density at radius 3 is 2.88 bits per heavy atom. The van der Waals surface area contributed by atoms with Gasteiger partial charge in [0, 0.05) is 19.5 Å². The molecule has 0 saturated carbocycles. The van der Waals surface area contributed by atoms with E-state index in [-0.39, 0.29) is 75.7 Å². The molecule has 6 heterocycles. The third-order valence-electron chi connectivity index (χ3n) is 8.90. The van der Waals surface area contributed by atoms with Crippen LogP contribution in [0.25, 0.3) is 10.9 Å². The smallest absolute Gasteiger partial charge is 0.410 e. The van der Waals surface area contributed by atoms with E-state index in [0.29, 0.717) is 32.4 Å². The molecule has 1 amide bonds. The molecular formula is C28H33BrClF2N5O4. The van der Waals surface area contributed by atoms with Gasteiger partial charge < -0.3 is 19.1 Å². The van der Waals surface area contributed by atoms with Crippen LogP contribution in [0.5, 0.6) is 11.8 Å². The molecule has 5 aliphatic rings. The van der Waals surface area contributed by atoms with Crippen molar-refractivity contribution >= 4 is 50.3 Å². The number of amides is 1. The Morgan fingerprint density at radius 2 is 2.10 bits per heavy atom. The minimum absolute atomic E-state index is 0.00793. The number of hydrogen-bond donors (Lipinski definition) is 0. The summed E-state index contributed by atoms with van der Waals surface area (Å²) in [6.07, 6.45) is 1.00. The normalized spacial score (nSPS) is 31.8. The quantitative estimate of drug-likeness (QED) is 0.401. The second-order valence-electron chi connectivity index (χ2n) is 12.6. The molecule has 4 saturated heterocycles. The number of piperazine rings is 1. The van der Waals surface area contributed by atoms with Gasteiger partial charge in [0.05, 0.1) is 36.3 Å². The van der Waals surface area contributed by atoms with Crippen LogP contribution in [-0.2, 0) is 4.74 Å². The molecule has 0 unspecified atom stereocenters. The van der Waals surface area contributed by atoms with Crippen molar-refractivity contribution in [1.82, 2.24) is 19.8 Å². The first-order chi connectivity index (χ1) is 20.2. The summed E-state index contributed by atoms with van der Waals surface area (Å²) in [7, 11) is 0. The molecule has 9 nitrogen and oxygen atoms in total. The van der Waals surface area contributed by atoms with Crippen LogP contribution in [0.2, 0.25) is 5.02 Å². The lowest BCUT2D eigenvalue weighted by molar-refractivity contribution is 0.00545. The highest BCUT2D eigenvalue weighted by atomic mass is 79.9. The van der Waals surface area contributed by atoms with Gasteiger partial charge in [-0.1, -0.05) is 11.6 Å². The van der Waals surface area contributed by atoms with Gasteiger partial charge in [-0.3, -0.25) is 9.80 Å². The molecule has 7 rings (SSSR count). The molecule has 41 heavy (non-hydrogen) atoms. The summed E-state index contributed by atoms with van der Waals surface area (Å²) in [4.78, 5) is 27.9. The predicted molar refractivity (Wildman–Crippen MR) is 152 cm³/mol. The molecule has 2 bridgehead atoms. The van der Waals surface area contributed by atoms with Crippen LogP contribution in [0.4, 0.5) is 19.4 Å². The molecule has 2 aromatic rings. The number of rotatable bonds is 3. The number of halogens is 4. The van der Waals surface area contributed by atoms with Gasteiger partial charge in [0.15, 0.2) is 11.6 Å². The van der Waals surface area contributed by atoms with E-state index in [0.717, 1.165) is 6.42 Å². The first kappa shape index (κ1) is 25.3. The Morgan fingerprint density at radius 1 is 1.29 bits per heavy atom. The van der Waals surface area contributed by atoms with Crippen molar-refractivity contribution in [2.45, 2.75) is 88.3 Å². The minimum atomic E-state index is -2.36. The molecular weight excluding hydrogens is 624 g/mol. The first-order valence-corrected chi connectivity index (χ1v) is 15.2. The van der Waals surface area contributed by atoms with Gasteiger partial charge in [-0.25, -0.2) is 13.6 Å². The minimum Gasteiger partial charge on any atom is -0.489 e. The number of carbonyl (C=O) groups excluding carboxylic acids is 1. The van der Waals surface area contributed by atoms with Crippen LogP contribution < -0.4 is 14.4 Å². The fourth-order valence-electron chi connectivity index (χ4n) is 7.25. The predicted octanol–water partition coefficient (Wildman–Crippen LogP) is 5.49. The zero-order chi connectivity index (χ0) is 30.6. The van der Waals surface area contributed by atoms with Crippen LogP contribution in [0, 0.1) is 5.82 Å². The summed E-state index contributed by atoms with van der Waals surface area (Å²) >= 11 is 9.81. The van der Waals surface area contributed by atoms with E-state index in [1.54, 1.807) is 9.80 Å². The van der Waals surface area contributed by atoms with Gasteiger partial charge in [-0.2, -0.15) is 9.97 Å². The molecule has 0 N–H and O–H groups in total. The molecule has 1 aromatic carbocycles. The van der Waals surface area contributed by atoms with Crippen molar-refractivity contribution in [3.63, 3.8) is 0 Å². The summed E-state index contributed by atoms with van der Waals surface area (Å²) in [5, 5.41) is 0.268. The zero-order valence-corrected chi connectivity index (χ0v) is 25.4. The fraction of sp³-hybridized carbons (Fsp3) is 0.679. The molecule has 0 aliphatic carbocycles. The number of benzene rings is 1. The van der Waals surface area contributed by atoms with Crippen molar-refractivity contribution < 1.29 is 30.5 Å². The Labute approximate surface area is 253 Å². The number of nitrogens with zero attached hydrogens (tertiary/aromatic N) is 5. The van der Waals surface area contributed by atoms with E-state index in [4.69, 9.17) is 28.6 Å². The van der Waals surface area contributed by atoms with Crippen LogP contribution in [0.1, 0.15) is 55.6 Å². The van der Waals surface area contributed by atoms with Crippen molar-refractivity contribution in [1.29, 1.82) is 0 Å². The number of ether oxygens (including phenoxy) is 3. The van der Waals surface area contributed by atoms with Crippen LogP contribution in [0.15, 0.2) is 4.47 Å². The average molecular weight is 659 g/mol. The molecule has 222 valence electrons. The zero-order valence-electron chi connectivity index (χ0n) is 25.1. The maximum Gasteiger partial charge on any atom is 0.410 e. The second kappa shape index (κ2) is 9.67. The maximum atomic E-state index is 15.8.